The smallest absolute Gasteiger partial charge is 0.123 e. The molecule has 1 aliphatic carbocycles. The van der Waals surface area contributed by atoms with Gasteiger partial charge in [-0.05, 0) is 55.4 Å². The fraction of sp³-hybridized carbons (Fsp3) is 0.571. The molecule has 0 radical (unpaired) electrons. The zero-order valence-corrected chi connectivity index (χ0v) is 9.96. The Balaban J connectivity index is 2.45. The van der Waals surface area contributed by atoms with Crippen LogP contribution in [0.4, 0.5) is 4.39 Å². The summed E-state index contributed by atoms with van der Waals surface area (Å²) in [7, 11) is 0. The second kappa shape index (κ2) is 4.17. The minimum Gasteiger partial charge on any atom is -0.385 e. The Kier molecular flexibility index (Phi) is 3.02. The summed E-state index contributed by atoms with van der Waals surface area (Å²) in [6.07, 6.45) is 3.79. The molecule has 0 amide bonds. The lowest BCUT2D eigenvalue weighted by molar-refractivity contribution is -0.00469. The van der Waals surface area contributed by atoms with Gasteiger partial charge in [0.1, 0.15) is 5.82 Å². The predicted octanol–water partition coefficient (Wildman–Crippen LogP) is 3.53. The van der Waals surface area contributed by atoms with Crippen LogP contribution in [0.3, 0.4) is 0 Å². The molecule has 88 valence electrons. The van der Waals surface area contributed by atoms with Crippen molar-refractivity contribution in [2.45, 2.75) is 45.1 Å². The molecule has 0 spiro atoms. The number of halogens is 1. The molecule has 1 aromatic rings. The van der Waals surface area contributed by atoms with Crippen LogP contribution in [0.1, 0.15) is 43.7 Å². The summed E-state index contributed by atoms with van der Waals surface area (Å²) in [4.78, 5) is 0. The normalized spacial score (nSPS) is 29.6. The molecule has 0 aromatic heterocycles. The van der Waals surface area contributed by atoms with Crippen LogP contribution in [0, 0.1) is 18.7 Å². The van der Waals surface area contributed by atoms with Gasteiger partial charge in [0.2, 0.25) is 0 Å². The Labute approximate surface area is 96.3 Å². The number of hydrogen-bond donors (Lipinski definition) is 1. The van der Waals surface area contributed by atoms with Crippen molar-refractivity contribution in [2.24, 2.45) is 5.92 Å². The summed E-state index contributed by atoms with van der Waals surface area (Å²) in [5, 5.41) is 10.8. The second-order valence-electron chi connectivity index (χ2n) is 4.88. The summed E-state index contributed by atoms with van der Waals surface area (Å²) >= 11 is 0. The summed E-state index contributed by atoms with van der Waals surface area (Å²) in [6.45, 7) is 4.04. The summed E-state index contributed by atoms with van der Waals surface area (Å²) in [5.74, 6) is 0.0174. The van der Waals surface area contributed by atoms with Gasteiger partial charge in [-0.25, -0.2) is 4.39 Å². The highest BCUT2D eigenvalue weighted by Crippen LogP contribution is 2.46. The highest BCUT2D eigenvalue weighted by Gasteiger charge is 2.42. The van der Waals surface area contributed by atoms with E-state index >= 15 is 0 Å². The van der Waals surface area contributed by atoms with Crippen LogP contribution in [0.2, 0.25) is 0 Å². The largest absolute Gasteiger partial charge is 0.385 e. The minimum atomic E-state index is -0.805. The van der Waals surface area contributed by atoms with Gasteiger partial charge in [0.05, 0.1) is 5.60 Å². The number of benzene rings is 1. The summed E-state index contributed by atoms with van der Waals surface area (Å²) in [6, 6.07) is 4.72. The average molecular weight is 222 g/mol. The van der Waals surface area contributed by atoms with Crippen molar-refractivity contribution in [3.8, 4) is 0 Å². The Morgan fingerprint density at radius 3 is 2.94 bits per heavy atom. The molecule has 0 heterocycles. The maximum atomic E-state index is 13.3. The second-order valence-corrected chi connectivity index (χ2v) is 4.88. The molecule has 2 unspecified atom stereocenters. The Morgan fingerprint density at radius 1 is 1.50 bits per heavy atom. The van der Waals surface area contributed by atoms with E-state index in [1.807, 2.05) is 6.92 Å². The quantitative estimate of drug-likeness (QED) is 0.811. The van der Waals surface area contributed by atoms with Crippen LogP contribution in [0.15, 0.2) is 18.2 Å². The van der Waals surface area contributed by atoms with Crippen LogP contribution < -0.4 is 0 Å². The van der Waals surface area contributed by atoms with Crippen LogP contribution >= 0.6 is 0 Å². The molecule has 1 aliphatic rings. The summed E-state index contributed by atoms with van der Waals surface area (Å²) < 4.78 is 13.3. The molecule has 2 rings (SSSR count). The predicted molar refractivity (Wildman–Crippen MR) is 62.7 cm³/mol. The zero-order valence-electron chi connectivity index (χ0n) is 9.96. The van der Waals surface area contributed by atoms with E-state index in [0.29, 0.717) is 0 Å². The van der Waals surface area contributed by atoms with Crippen LogP contribution in [0.25, 0.3) is 0 Å². The first-order valence-corrected chi connectivity index (χ1v) is 6.07. The fourth-order valence-electron chi connectivity index (χ4n) is 3.02. The van der Waals surface area contributed by atoms with E-state index in [9.17, 15) is 9.50 Å². The van der Waals surface area contributed by atoms with E-state index in [2.05, 4.69) is 6.92 Å². The van der Waals surface area contributed by atoms with Gasteiger partial charge in [-0.3, -0.25) is 0 Å². The Morgan fingerprint density at radius 2 is 2.25 bits per heavy atom. The van der Waals surface area contributed by atoms with E-state index in [1.165, 1.54) is 12.1 Å². The van der Waals surface area contributed by atoms with Gasteiger partial charge in [0, 0.05) is 0 Å². The van der Waals surface area contributed by atoms with E-state index in [1.54, 1.807) is 6.07 Å². The lowest BCUT2D eigenvalue weighted by Gasteiger charge is -2.31. The molecule has 1 aromatic carbocycles. The van der Waals surface area contributed by atoms with Gasteiger partial charge >= 0.3 is 0 Å². The van der Waals surface area contributed by atoms with Gasteiger partial charge in [0.15, 0.2) is 0 Å². The van der Waals surface area contributed by atoms with Crippen molar-refractivity contribution in [3.63, 3.8) is 0 Å². The van der Waals surface area contributed by atoms with Gasteiger partial charge in [-0.1, -0.05) is 19.4 Å². The molecule has 0 bridgehead atoms. The highest BCUT2D eigenvalue weighted by atomic mass is 19.1. The third kappa shape index (κ3) is 1.75. The zero-order chi connectivity index (χ0) is 11.8. The molecule has 1 nitrogen and oxygen atoms in total. The first-order chi connectivity index (χ1) is 7.58. The number of rotatable bonds is 2. The molecule has 2 heteroatoms. The average Bonchev–Trinajstić information content (AvgIpc) is 2.64. The van der Waals surface area contributed by atoms with Crippen molar-refractivity contribution >= 4 is 0 Å². The van der Waals surface area contributed by atoms with E-state index < -0.39 is 5.60 Å². The van der Waals surface area contributed by atoms with Crippen molar-refractivity contribution in [1.82, 2.24) is 0 Å². The first-order valence-electron chi connectivity index (χ1n) is 6.07. The topological polar surface area (TPSA) is 20.2 Å². The third-order valence-corrected chi connectivity index (χ3v) is 3.94. The molecule has 2 atom stereocenters. The van der Waals surface area contributed by atoms with Crippen LogP contribution in [-0.4, -0.2) is 5.11 Å². The fourth-order valence-corrected chi connectivity index (χ4v) is 3.02. The SMILES string of the molecule is CCC1CCCC1(O)c1cc(F)ccc1C. The molecule has 0 saturated heterocycles. The van der Waals surface area contributed by atoms with Gasteiger partial charge in [-0.2, -0.15) is 0 Å². The Bertz CT molecular complexity index is 388. The standard InChI is InChI=1S/C14H19FO/c1-3-11-5-4-8-14(11,16)13-9-12(15)7-6-10(13)2/h6-7,9,11,16H,3-5,8H2,1-2H3. The van der Waals surface area contributed by atoms with E-state index in [-0.39, 0.29) is 11.7 Å². The molecule has 1 saturated carbocycles. The number of aliphatic hydroxyl groups is 1. The van der Waals surface area contributed by atoms with Crippen molar-refractivity contribution < 1.29 is 9.50 Å². The lowest BCUT2D eigenvalue weighted by Crippen LogP contribution is -2.30. The molecule has 1 fully saturated rings. The lowest BCUT2D eigenvalue weighted by atomic mass is 9.80. The van der Waals surface area contributed by atoms with E-state index in [0.717, 1.165) is 36.8 Å². The van der Waals surface area contributed by atoms with Gasteiger partial charge in [0.25, 0.3) is 0 Å². The van der Waals surface area contributed by atoms with Crippen LogP contribution in [0.5, 0.6) is 0 Å². The number of aryl methyl sites for hydroxylation is 1. The maximum absolute atomic E-state index is 13.3. The number of hydrogen-bond acceptors (Lipinski definition) is 1. The minimum absolute atomic E-state index is 0.254. The Hall–Kier alpha value is -0.890. The van der Waals surface area contributed by atoms with Crippen molar-refractivity contribution in [2.75, 3.05) is 0 Å². The highest BCUT2D eigenvalue weighted by molar-refractivity contribution is 5.33. The van der Waals surface area contributed by atoms with Crippen LogP contribution in [-0.2, 0) is 5.60 Å². The molecule has 16 heavy (non-hydrogen) atoms. The monoisotopic (exact) mass is 222 g/mol. The van der Waals surface area contributed by atoms with Gasteiger partial charge < -0.3 is 5.11 Å². The molecular formula is C14H19FO. The van der Waals surface area contributed by atoms with E-state index in [4.69, 9.17) is 0 Å². The van der Waals surface area contributed by atoms with Crippen molar-refractivity contribution in [3.05, 3.63) is 35.1 Å². The van der Waals surface area contributed by atoms with Gasteiger partial charge in [-0.15, -0.1) is 0 Å². The van der Waals surface area contributed by atoms with Crippen molar-refractivity contribution in [1.29, 1.82) is 0 Å². The molecular weight excluding hydrogens is 203 g/mol. The third-order valence-electron chi connectivity index (χ3n) is 3.94. The maximum Gasteiger partial charge on any atom is 0.123 e. The molecule has 1 N–H and O–H groups in total. The summed E-state index contributed by atoms with van der Waals surface area (Å²) in [5.41, 5.74) is 0.974. The molecule has 0 aliphatic heterocycles. The first kappa shape index (κ1) is 11.6.